The van der Waals surface area contributed by atoms with Gasteiger partial charge in [0.05, 0.1) is 12.8 Å². The van der Waals surface area contributed by atoms with E-state index in [1.807, 2.05) is 0 Å². The van der Waals surface area contributed by atoms with Gasteiger partial charge < -0.3 is 19.8 Å². The van der Waals surface area contributed by atoms with Crippen LogP contribution in [0.4, 0.5) is 10.1 Å². The number of nitrogens with one attached hydrogen (secondary N) is 2. The molecule has 2 amide bonds. The summed E-state index contributed by atoms with van der Waals surface area (Å²) in [6.07, 6.45) is 1.30. The van der Waals surface area contributed by atoms with Gasteiger partial charge in [-0.15, -0.1) is 0 Å². The molecule has 0 spiro atoms. The number of halogens is 1. The molecule has 1 aromatic heterocycles. The number of amides is 2. The Balaban J connectivity index is 1.68. The minimum absolute atomic E-state index is 0.0214. The molecule has 0 radical (unpaired) electrons. The molecule has 23 heavy (non-hydrogen) atoms. The number of benzene rings is 1. The van der Waals surface area contributed by atoms with Gasteiger partial charge >= 0.3 is 5.97 Å². The molecule has 2 aromatic rings. The van der Waals surface area contributed by atoms with E-state index in [1.54, 1.807) is 0 Å². The lowest BCUT2D eigenvalue weighted by molar-refractivity contribution is -0.126. The average molecular weight is 320 g/mol. The first-order chi connectivity index (χ1) is 11.0. The Morgan fingerprint density at radius 1 is 1.09 bits per heavy atom. The predicted octanol–water partition coefficient (Wildman–Crippen LogP) is 1.33. The fourth-order valence-electron chi connectivity index (χ4n) is 1.57. The molecule has 2 rings (SSSR count). The number of rotatable bonds is 6. The van der Waals surface area contributed by atoms with Crippen molar-refractivity contribution in [1.82, 2.24) is 5.32 Å². The zero-order chi connectivity index (χ0) is 16.7. The maximum Gasteiger partial charge on any atom is 0.374 e. The summed E-state index contributed by atoms with van der Waals surface area (Å²) in [6, 6.07) is 8.08. The van der Waals surface area contributed by atoms with Crippen molar-refractivity contribution in [2.75, 3.05) is 18.5 Å². The molecular weight excluding hydrogens is 307 g/mol. The van der Waals surface area contributed by atoms with E-state index in [2.05, 4.69) is 10.6 Å². The molecule has 0 saturated heterocycles. The number of anilines is 1. The van der Waals surface area contributed by atoms with E-state index in [4.69, 9.17) is 9.15 Å². The smallest absolute Gasteiger partial charge is 0.374 e. The first-order valence-corrected chi connectivity index (χ1v) is 6.57. The van der Waals surface area contributed by atoms with E-state index >= 15 is 0 Å². The van der Waals surface area contributed by atoms with Gasteiger partial charge in [-0.05, 0) is 36.4 Å². The third-order valence-electron chi connectivity index (χ3n) is 2.63. The fourth-order valence-corrected chi connectivity index (χ4v) is 1.57. The van der Waals surface area contributed by atoms with Crippen LogP contribution in [-0.2, 0) is 14.3 Å². The summed E-state index contributed by atoms with van der Waals surface area (Å²) in [4.78, 5) is 34.5. The van der Waals surface area contributed by atoms with Gasteiger partial charge in [0, 0.05) is 5.69 Å². The Hall–Kier alpha value is -3.16. The number of esters is 1. The van der Waals surface area contributed by atoms with Crippen LogP contribution in [-0.4, -0.2) is 30.9 Å². The molecule has 0 saturated carbocycles. The van der Waals surface area contributed by atoms with E-state index in [-0.39, 0.29) is 12.3 Å². The normalized spacial score (nSPS) is 9.96. The maximum absolute atomic E-state index is 12.7. The highest BCUT2D eigenvalue weighted by atomic mass is 19.1. The molecular formula is C15H13FN2O5. The van der Waals surface area contributed by atoms with Gasteiger partial charge in [0.1, 0.15) is 5.82 Å². The molecule has 0 atom stereocenters. The third kappa shape index (κ3) is 5.27. The number of carbonyl (C=O) groups is 3. The Labute approximate surface area is 130 Å². The zero-order valence-corrected chi connectivity index (χ0v) is 11.9. The Kier molecular flexibility index (Phi) is 5.45. The predicted molar refractivity (Wildman–Crippen MR) is 77.0 cm³/mol. The van der Waals surface area contributed by atoms with Gasteiger partial charge in [-0.25, -0.2) is 9.18 Å². The summed E-state index contributed by atoms with van der Waals surface area (Å²) in [6.45, 7) is -0.849. The molecule has 1 heterocycles. The first-order valence-electron chi connectivity index (χ1n) is 6.57. The van der Waals surface area contributed by atoms with Crippen LogP contribution < -0.4 is 10.6 Å². The van der Waals surface area contributed by atoms with E-state index in [9.17, 15) is 18.8 Å². The van der Waals surface area contributed by atoms with Crippen LogP contribution in [0.15, 0.2) is 47.1 Å². The molecule has 0 aliphatic rings. The highest BCUT2D eigenvalue weighted by Gasteiger charge is 2.13. The van der Waals surface area contributed by atoms with Gasteiger partial charge in [0.2, 0.25) is 11.7 Å². The third-order valence-corrected chi connectivity index (χ3v) is 2.63. The number of carbonyl (C=O) groups excluding carboxylic acids is 3. The van der Waals surface area contributed by atoms with Gasteiger partial charge in [-0.1, -0.05) is 0 Å². The van der Waals surface area contributed by atoms with Crippen LogP contribution in [0.1, 0.15) is 10.6 Å². The van der Waals surface area contributed by atoms with Crippen LogP contribution >= 0.6 is 0 Å². The number of hydrogen-bond acceptors (Lipinski definition) is 5. The van der Waals surface area contributed by atoms with Crippen molar-refractivity contribution in [3.05, 3.63) is 54.2 Å². The first kappa shape index (κ1) is 16.2. The van der Waals surface area contributed by atoms with Crippen molar-refractivity contribution in [2.45, 2.75) is 0 Å². The number of ether oxygens (including phenoxy) is 1. The lowest BCUT2D eigenvalue weighted by atomic mass is 10.3. The van der Waals surface area contributed by atoms with Gasteiger partial charge in [0.25, 0.3) is 5.91 Å². The van der Waals surface area contributed by atoms with E-state index in [0.29, 0.717) is 5.69 Å². The molecule has 0 bridgehead atoms. The second kappa shape index (κ2) is 7.74. The monoisotopic (exact) mass is 320 g/mol. The Morgan fingerprint density at radius 3 is 2.48 bits per heavy atom. The quantitative estimate of drug-likeness (QED) is 0.783. The molecule has 0 aliphatic heterocycles. The summed E-state index contributed by atoms with van der Waals surface area (Å²) in [5.74, 6) is -2.36. The number of furan rings is 1. The molecule has 7 nitrogen and oxygen atoms in total. The molecule has 0 unspecified atom stereocenters. The molecule has 2 N–H and O–H groups in total. The molecule has 0 aliphatic carbocycles. The van der Waals surface area contributed by atoms with Crippen molar-refractivity contribution in [1.29, 1.82) is 0 Å². The highest BCUT2D eigenvalue weighted by Crippen LogP contribution is 2.07. The van der Waals surface area contributed by atoms with Crippen LogP contribution in [0.25, 0.3) is 0 Å². The van der Waals surface area contributed by atoms with Crippen molar-refractivity contribution in [2.24, 2.45) is 0 Å². The summed E-state index contributed by atoms with van der Waals surface area (Å²) in [5, 5.41) is 4.75. The molecule has 120 valence electrons. The topological polar surface area (TPSA) is 97.6 Å². The van der Waals surface area contributed by atoms with Crippen LogP contribution in [0, 0.1) is 5.82 Å². The van der Waals surface area contributed by atoms with Crippen molar-refractivity contribution >= 4 is 23.5 Å². The second-order valence-corrected chi connectivity index (χ2v) is 4.39. The van der Waals surface area contributed by atoms with Gasteiger partial charge in [-0.2, -0.15) is 0 Å². The maximum atomic E-state index is 12.7. The summed E-state index contributed by atoms with van der Waals surface area (Å²) in [5.41, 5.74) is 0.398. The minimum Gasteiger partial charge on any atom is -0.457 e. The standard InChI is InChI=1S/C15H13FN2O5/c16-10-3-5-11(6-4-10)18-13(19)8-17-14(20)9-23-15(21)12-2-1-7-22-12/h1-7H,8-9H2,(H,17,20)(H,18,19). The Morgan fingerprint density at radius 2 is 1.83 bits per heavy atom. The van der Waals surface area contributed by atoms with E-state index in [0.717, 1.165) is 0 Å². The lowest BCUT2D eigenvalue weighted by Gasteiger charge is -2.07. The minimum atomic E-state index is -0.777. The lowest BCUT2D eigenvalue weighted by Crippen LogP contribution is -2.35. The largest absolute Gasteiger partial charge is 0.457 e. The Bertz CT molecular complexity index is 682. The van der Waals surface area contributed by atoms with Crippen LogP contribution in [0.3, 0.4) is 0 Å². The van der Waals surface area contributed by atoms with Gasteiger partial charge in [-0.3, -0.25) is 9.59 Å². The molecule has 0 fully saturated rings. The average Bonchev–Trinajstić information content (AvgIpc) is 3.07. The van der Waals surface area contributed by atoms with Crippen LogP contribution in [0.5, 0.6) is 0 Å². The van der Waals surface area contributed by atoms with Crippen LogP contribution in [0.2, 0.25) is 0 Å². The second-order valence-electron chi connectivity index (χ2n) is 4.39. The highest BCUT2D eigenvalue weighted by molar-refractivity contribution is 5.95. The van der Waals surface area contributed by atoms with E-state index < -0.39 is 30.2 Å². The van der Waals surface area contributed by atoms with Crippen molar-refractivity contribution in [3.63, 3.8) is 0 Å². The van der Waals surface area contributed by atoms with Crippen molar-refractivity contribution in [3.8, 4) is 0 Å². The zero-order valence-electron chi connectivity index (χ0n) is 11.9. The number of hydrogen-bond donors (Lipinski definition) is 2. The SMILES string of the molecule is O=C(COC(=O)c1ccco1)NCC(=O)Nc1ccc(F)cc1. The summed E-state index contributed by atoms with van der Waals surface area (Å²) < 4.78 is 22.2. The van der Waals surface area contributed by atoms with E-state index in [1.165, 1.54) is 42.7 Å². The van der Waals surface area contributed by atoms with Gasteiger partial charge in [0.15, 0.2) is 6.61 Å². The van der Waals surface area contributed by atoms with Crippen molar-refractivity contribution < 1.29 is 27.9 Å². The molecule has 1 aromatic carbocycles. The summed E-state index contributed by atoms with van der Waals surface area (Å²) >= 11 is 0. The summed E-state index contributed by atoms with van der Waals surface area (Å²) in [7, 11) is 0. The molecule has 8 heteroatoms. The fraction of sp³-hybridized carbons (Fsp3) is 0.133.